The van der Waals surface area contributed by atoms with E-state index in [1.165, 1.54) is 16.7 Å². The van der Waals surface area contributed by atoms with Crippen LogP contribution >= 0.6 is 0 Å². The monoisotopic (exact) mass is 313 g/mol. The molecule has 0 saturated heterocycles. The smallest absolute Gasteiger partial charge is 0.163 e. The topological polar surface area (TPSA) is 50.7 Å². The summed E-state index contributed by atoms with van der Waals surface area (Å²) in [5.41, 5.74) is 4.96. The van der Waals surface area contributed by atoms with Crippen LogP contribution in [0.3, 0.4) is 0 Å². The van der Waals surface area contributed by atoms with Crippen molar-refractivity contribution < 1.29 is 14.6 Å². The number of phenolic OH excluding ortho intramolecular Hbond substituents is 1. The van der Waals surface area contributed by atoms with E-state index in [-0.39, 0.29) is 6.04 Å². The van der Waals surface area contributed by atoms with Gasteiger partial charge in [0.2, 0.25) is 0 Å². The normalized spacial score (nSPS) is 16.7. The summed E-state index contributed by atoms with van der Waals surface area (Å²) in [6.07, 6.45) is 1.87. The van der Waals surface area contributed by atoms with E-state index in [4.69, 9.17) is 9.47 Å². The number of fused-ring (bicyclic) bond motifs is 1. The van der Waals surface area contributed by atoms with Crippen LogP contribution in [0.2, 0.25) is 0 Å². The highest BCUT2D eigenvalue weighted by molar-refractivity contribution is 5.56. The molecule has 0 amide bonds. The van der Waals surface area contributed by atoms with Gasteiger partial charge in [0.15, 0.2) is 11.5 Å². The van der Waals surface area contributed by atoms with E-state index >= 15 is 0 Å². The average molecular weight is 313 g/mol. The van der Waals surface area contributed by atoms with Gasteiger partial charge in [0.1, 0.15) is 5.75 Å². The Labute approximate surface area is 137 Å². The molecule has 0 radical (unpaired) electrons. The summed E-state index contributed by atoms with van der Waals surface area (Å²) >= 11 is 0. The lowest BCUT2D eigenvalue weighted by atomic mass is 9.86. The molecule has 4 heteroatoms. The van der Waals surface area contributed by atoms with Crippen molar-refractivity contribution in [3.8, 4) is 17.2 Å². The highest BCUT2D eigenvalue weighted by atomic mass is 16.5. The van der Waals surface area contributed by atoms with E-state index in [1.807, 2.05) is 12.1 Å². The van der Waals surface area contributed by atoms with Gasteiger partial charge in [-0.25, -0.2) is 0 Å². The highest BCUT2D eigenvalue weighted by Gasteiger charge is 2.26. The van der Waals surface area contributed by atoms with Gasteiger partial charge < -0.3 is 19.9 Å². The number of ether oxygens (including phenoxy) is 2. The Kier molecular flexibility index (Phi) is 4.44. The Morgan fingerprint density at radius 1 is 1.17 bits per heavy atom. The number of methoxy groups -OCH3 is 2. The fourth-order valence-corrected chi connectivity index (χ4v) is 3.47. The Balaban J connectivity index is 1.99. The summed E-state index contributed by atoms with van der Waals surface area (Å²) in [7, 11) is 3.36. The maximum absolute atomic E-state index is 9.44. The van der Waals surface area contributed by atoms with Crippen LogP contribution in [-0.2, 0) is 12.8 Å². The molecule has 1 aliphatic rings. The minimum absolute atomic E-state index is 0.239. The van der Waals surface area contributed by atoms with Gasteiger partial charge >= 0.3 is 0 Å². The van der Waals surface area contributed by atoms with Gasteiger partial charge in [-0.05, 0) is 66.8 Å². The minimum atomic E-state index is 0.239. The second kappa shape index (κ2) is 6.50. The Morgan fingerprint density at radius 3 is 2.57 bits per heavy atom. The van der Waals surface area contributed by atoms with E-state index in [0.717, 1.165) is 36.4 Å². The SMILES string of the molecule is COc1cc2c(c(C)c1OC)[C@@H](Cc1ccc(O)cc1)NCC2. The number of nitrogens with one attached hydrogen (secondary N) is 1. The molecule has 0 saturated carbocycles. The van der Waals surface area contributed by atoms with Gasteiger partial charge in [-0.1, -0.05) is 12.1 Å². The fourth-order valence-electron chi connectivity index (χ4n) is 3.47. The van der Waals surface area contributed by atoms with Crippen molar-refractivity contribution in [1.29, 1.82) is 0 Å². The van der Waals surface area contributed by atoms with Crippen LogP contribution in [0, 0.1) is 6.92 Å². The third kappa shape index (κ3) is 2.99. The predicted molar refractivity (Wildman–Crippen MR) is 90.5 cm³/mol. The second-order valence-corrected chi connectivity index (χ2v) is 5.94. The van der Waals surface area contributed by atoms with E-state index in [0.29, 0.717) is 5.75 Å². The minimum Gasteiger partial charge on any atom is -0.508 e. The molecule has 4 nitrogen and oxygen atoms in total. The van der Waals surface area contributed by atoms with Crippen LogP contribution in [0.4, 0.5) is 0 Å². The zero-order valence-corrected chi connectivity index (χ0v) is 13.8. The molecular weight excluding hydrogens is 290 g/mol. The Hall–Kier alpha value is -2.20. The average Bonchev–Trinajstić information content (AvgIpc) is 2.56. The third-order valence-electron chi connectivity index (χ3n) is 4.55. The molecule has 0 bridgehead atoms. The first-order valence-corrected chi connectivity index (χ1v) is 7.89. The molecule has 0 aliphatic carbocycles. The largest absolute Gasteiger partial charge is 0.508 e. The standard InChI is InChI=1S/C19H23NO3/c1-12-18-14(11-17(22-2)19(12)23-3)8-9-20-16(18)10-13-4-6-15(21)7-5-13/h4-7,11,16,20-21H,8-10H2,1-3H3/t16-/m1/s1. The van der Waals surface area contributed by atoms with Crippen LogP contribution in [0.25, 0.3) is 0 Å². The number of hydrogen-bond donors (Lipinski definition) is 2. The van der Waals surface area contributed by atoms with Gasteiger partial charge in [0.25, 0.3) is 0 Å². The molecular formula is C19H23NO3. The quantitative estimate of drug-likeness (QED) is 0.910. The first-order chi connectivity index (χ1) is 11.1. The highest BCUT2D eigenvalue weighted by Crippen LogP contribution is 2.40. The van der Waals surface area contributed by atoms with Gasteiger partial charge in [-0.15, -0.1) is 0 Å². The summed E-state index contributed by atoms with van der Waals surface area (Å²) in [6, 6.07) is 9.76. The van der Waals surface area contributed by atoms with Crippen LogP contribution < -0.4 is 14.8 Å². The van der Waals surface area contributed by atoms with E-state index in [9.17, 15) is 5.11 Å². The lowest BCUT2D eigenvalue weighted by molar-refractivity contribution is 0.349. The lowest BCUT2D eigenvalue weighted by Crippen LogP contribution is -2.32. The molecule has 2 aromatic carbocycles. The molecule has 0 fully saturated rings. The van der Waals surface area contributed by atoms with E-state index < -0.39 is 0 Å². The van der Waals surface area contributed by atoms with Gasteiger partial charge in [-0.2, -0.15) is 0 Å². The number of aromatic hydroxyl groups is 1. The van der Waals surface area contributed by atoms with Gasteiger partial charge in [0, 0.05) is 6.04 Å². The second-order valence-electron chi connectivity index (χ2n) is 5.94. The summed E-state index contributed by atoms with van der Waals surface area (Å²) in [5.74, 6) is 1.91. The Bertz CT molecular complexity index is 695. The van der Waals surface area contributed by atoms with Crippen molar-refractivity contribution in [1.82, 2.24) is 5.32 Å². The van der Waals surface area contributed by atoms with Crippen molar-refractivity contribution in [3.05, 3.63) is 52.6 Å². The first kappa shape index (κ1) is 15.7. The number of benzene rings is 2. The summed E-state index contributed by atoms with van der Waals surface area (Å²) in [6.45, 7) is 3.04. The lowest BCUT2D eigenvalue weighted by Gasteiger charge is -2.30. The van der Waals surface area contributed by atoms with E-state index in [2.05, 4.69) is 18.3 Å². The molecule has 1 aliphatic heterocycles. The molecule has 0 aromatic heterocycles. The van der Waals surface area contributed by atoms with Crippen LogP contribution in [0.15, 0.2) is 30.3 Å². The van der Waals surface area contributed by atoms with Crippen molar-refractivity contribution in [3.63, 3.8) is 0 Å². The van der Waals surface area contributed by atoms with Crippen molar-refractivity contribution in [2.75, 3.05) is 20.8 Å². The molecule has 1 atom stereocenters. The van der Waals surface area contributed by atoms with Crippen molar-refractivity contribution in [2.45, 2.75) is 25.8 Å². The summed E-state index contributed by atoms with van der Waals surface area (Å²) < 4.78 is 11.0. The summed E-state index contributed by atoms with van der Waals surface area (Å²) in [5, 5.41) is 13.1. The number of hydrogen-bond acceptors (Lipinski definition) is 4. The molecule has 0 unspecified atom stereocenters. The number of phenols is 1. The zero-order chi connectivity index (χ0) is 16.4. The Morgan fingerprint density at radius 2 is 1.91 bits per heavy atom. The number of rotatable bonds is 4. The molecule has 122 valence electrons. The first-order valence-electron chi connectivity index (χ1n) is 7.89. The van der Waals surface area contributed by atoms with Crippen molar-refractivity contribution >= 4 is 0 Å². The van der Waals surface area contributed by atoms with Crippen LogP contribution in [0.5, 0.6) is 17.2 Å². The fraction of sp³-hybridized carbons (Fsp3) is 0.368. The molecule has 0 spiro atoms. The van der Waals surface area contributed by atoms with Gasteiger partial charge in [0.05, 0.1) is 14.2 Å². The summed E-state index contributed by atoms with van der Waals surface area (Å²) in [4.78, 5) is 0. The molecule has 1 heterocycles. The van der Waals surface area contributed by atoms with Gasteiger partial charge in [-0.3, -0.25) is 0 Å². The molecule has 3 rings (SSSR count). The molecule has 2 aromatic rings. The zero-order valence-electron chi connectivity index (χ0n) is 13.8. The maximum Gasteiger partial charge on any atom is 0.163 e. The molecule has 2 N–H and O–H groups in total. The maximum atomic E-state index is 9.44. The molecule has 23 heavy (non-hydrogen) atoms. The van der Waals surface area contributed by atoms with Crippen LogP contribution in [-0.4, -0.2) is 25.9 Å². The van der Waals surface area contributed by atoms with E-state index in [1.54, 1.807) is 26.4 Å². The van der Waals surface area contributed by atoms with Crippen LogP contribution in [0.1, 0.15) is 28.3 Å². The third-order valence-corrected chi connectivity index (χ3v) is 4.55. The van der Waals surface area contributed by atoms with Crippen molar-refractivity contribution in [2.24, 2.45) is 0 Å². The predicted octanol–water partition coefficient (Wildman–Crippen LogP) is 3.15.